The zero-order valence-electron chi connectivity index (χ0n) is 11.9. The molecule has 0 unspecified atom stereocenters. The van der Waals surface area contributed by atoms with Crippen molar-refractivity contribution in [3.05, 3.63) is 47.2 Å². The molecule has 0 aliphatic heterocycles. The molecular formula is C15H16ClN5. The van der Waals surface area contributed by atoms with Crippen LogP contribution in [0.1, 0.15) is 5.82 Å². The second-order valence-corrected chi connectivity index (χ2v) is 5.42. The number of imidazole rings is 1. The van der Waals surface area contributed by atoms with E-state index < -0.39 is 0 Å². The van der Waals surface area contributed by atoms with E-state index in [-0.39, 0.29) is 0 Å². The van der Waals surface area contributed by atoms with Crippen LogP contribution in [-0.4, -0.2) is 29.0 Å². The fourth-order valence-corrected chi connectivity index (χ4v) is 2.14. The van der Waals surface area contributed by atoms with E-state index in [1.807, 2.05) is 55.4 Å². The van der Waals surface area contributed by atoms with Gasteiger partial charge in [0.2, 0.25) is 0 Å². The highest BCUT2D eigenvalue weighted by Gasteiger charge is 2.06. The Morgan fingerprint density at radius 1 is 1.10 bits per heavy atom. The number of nitrogens with one attached hydrogen (secondary N) is 2. The maximum absolute atomic E-state index is 5.86. The van der Waals surface area contributed by atoms with E-state index in [2.05, 4.69) is 20.3 Å². The summed E-state index contributed by atoms with van der Waals surface area (Å²) in [4.78, 5) is 14.2. The van der Waals surface area contributed by atoms with Crippen molar-refractivity contribution in [1.82, 2.24) is 15.0 Å². The molecule has 6 heteroatoms. The van der Waals surface area contributed by atoms with E-state index in [4.69, 9.17) is 11.6 Å². The zero-order chi connectivity index (χ0) is 14.8. The van der Waals surface area contributed by atoms with E-state index in [1.165, 1.54) is 0 Å². The predicted molar refractivity (Wildman–Crippen MR) is 87.0 cm³/mol. The SMILES string of the molecule is CN(C)c1ccc2[nH]c(CNc3ccc(Cl)cc3)nc2n1. The van der Waals surface area contributed by atoms with Crippen LogP contribution >= 0.6 is 11.6 Å². The molecule has 5 nitrogen and oxygen atoms in total. The van der Waals surface area contributed by atoms with Crippen LogP contribution in [0, 0.1) is 0 Å². The molecule has 0 saturated carbocycles. The largest absolute Gasteiger partial charge is 0.378 e. The molecule has 1 aromatic carbocycles. The Morgan fingerprint density at radius 3 is 2.57 bits per heavy atom. The van der Waals surface area contributed by atoms with Crippen LogP contribution in [0.3, 0.4) is 0 Å². The van der Waals surface area contributed by atoms with E-state index >= 15 is 0 Å². The maximum atomic E-state index is 5.86. The van der Waals surface area contributed by atoms with Gasteiger partial charge in [0.05, 0.1) is 12.1 Å². The van der Waals surface area contributed by atoms with E-state index in [1.54, 1.807) is 0 Å². The molecule has 0 spiro atoms. The van der Waals surface area contributed by atoms with Gasteiger partial charge in [0.25, 0.3) is 0 Å². The lowest BCUT2D eigenvalue weighted by molar-refractivity contribution is 1.01. The van der Waals surface area contributed by atoms with Crippen molar-refractivity contribution < 1.29 is 0 Å². The van der Waals surface area contributed by atoms with Gasteiger partial charge in [0.1, 0.15) is 11.6 Å². The monoisotopic (exact) mass is 301 g/mol. The Bertz CT molecular complexity index is 748. The molecule has 0 amide bonds. The van der Waals surface area contributed by atoms with Crippen molar-refractivity contribution in [2.75, 3.05) is 24.3 Å². The lowest BCUT2D eigenvalue weighted by Crippen LogP contribution is -2.10. The third-order valence-corrected chi connectivity index (χ3v) is 3.39. The van der Waals surface area contributed by atoms with Crippen LogP contribution in [0.25, 0.3) is 11.2 Å². The van der Waals surface area contributed by atoms with Crippen LogP contribution in [-0.2, 0) is 6.54 Å². The molecule has 3 aromatic rings. The Balaban J connectivity index is 1.76. The molecule has 0 bridgehead atoms. The molecule has 0 fully saturated rings. The number of rotatable bonds is 4. The molecule has 3 rings (SSSR count). The van der Waals surface area contributed by atoms with Gasteiger partial charge < -0.3 is 15.2 Å². The second-order valence-electron chi connectivity index (χ2n) is 4.98. The molecule has 0 aliphatic carbocycles. The molecule has 0 saturated heterocycles. The number of hydrogen-bond donors (Lipinski definition) is 2. The Labute approximate surface area is 128 Å². The summed E-state index contributed by atoms with van der Waals surface area (Å²) < 4.78 is 0. The Morgan fingerprint density at radius 2 is 1.86 bits per heavy atom. The summed E-state index contributed by atoms with van der Waals surface area (Å²) in [7, 11) is 3.92. The standard InChI is InChI=1S/C15H16ClN5/c1-21(2)14-8-7-12-15(20-14)19-13(18-12)9-17-11-5-3-10(16)4-6-11/h3-8,17H,9H2,1-2H3,(H,18,19,20). The molecule has 2 heterocycles. The first-order valence-electron chi connectivity index (χ1n) is 6.64. The second kappa shape index (κ2) is 5.61. The van der Waals surface area contributed by atoms with Gasteiger partial charge >= 0.3 is 0 Å². The number of nitrogens with zero attached hydrogens (tertiary/aromatic N) is 3. The molecule has 2 N–H and O–H groups in total. The molecular weight excluding hydrogens is 286 g/mol. The predicted octanol–water partition coefficient (Wildman–Crippen LogP) is 3.29. The van der Waals surface area contributed by atoms with Crippen LogP contribution in [0.15, 0.2) is 36.4 Å². The number of aromatic nitrogens is 3. The van der Waals surface area contributed by atoms with Crippen molar-refractivity contribution in [2.45, 2.75) is 6.54 Å². The number of halogens is 1. The molecule has 0 atom stereocenters. The van der Waals surface area contributed by atoms with E-state index in [0.717, 1.165) is 33.5 Å². The number of pyridine rings is 1. The summed E-state index contributed by atoms with van der Waals surface area (Å²) in [5.74, 6) is 1.74. The summed E-state index contributed by atoms with van der Waals surface area (Å²) >= 11 is 5.86. The first kappa shape index (κ1) is 13.7. The topological polar surface area (TPSA) is 56.8 Å². The number of fused-ring (bicyclic) bond motifs is 1. The van der Waals surface area contributed by atoms with Crippen LogP contribution in [0.5, 0.6) is 0 Å². The molecule has 21 heavy (non-hydrogen) atoms. The fraction of sp³-hybridized carbons (Fsp3) is 0.200. The minimum absolute atomic E-state index is 0.606. The van der Waals surface area contributed by atoms with Crippen molar-refractivity contribution in [2.24, 2.45) is 0 Å². The van der Waals surface area contributed by atoms with Gasteiger partial charge in [-0.25, -0.2) is 9.97 Å². The molecule has 2 aromatic heterocycles. The Hall–Kier alpha value is -2.27. The molecule has 0 radical (unpaired) electrons. The average Bonchev–Trinajstić information content (AvgIpc) is 2.88. The highest BCUT2D eigenvalue weighted by atomic mass is 35.5. The number of benzene rings is 1. The average molecular weight is 302 g/mol. The van der Waals surface area contributed by atoms with Crippen LogP contribution in [0.2, 0.25) is 5.02 Å². The summed E-state index contributed by atoms with van der Waals surface area (Å²) in [5, 5.41) is 4.02. The number of hydrogen-bond acceptors (Lipinski definition) is 4. The maximum Gasteiger partial charge on any atom is 0.179 e. The quantitative estimate of drug-likeness (QED) is 0.776. The summed E-state index contributed by atoms with van der Waals surface area (Å²) in [5.41, 5.74) is 2.67. The normalized spacial score (nSPS) is 10.8. The highest BCUT2D eigenvalue weighted by Crippen LogP contribution is 2.16. The van der Waals surface area contributed by atoms with Gasteiger partial charge in [-0.15, -0.1) is 0 Å². The number of aromatic amines is 1. The Kier molecular flexibility index (Phi) is 3.66. The van der Waals surface area contributed by atoms with Gasteiger partial charge in [0.15, 0.2) is 5.65 Å². The number of anilines is 2. The van der Waals surface area contributed by atoms with Crippen LogP contribution < -0.4 is 10.2 Å². The number of H-pyrrole nitrogens is 1. The minimum atomic E-state index is 0.606. The smallest absolute Gasteiger partial charge is 0.179 e. The molecule has 108 valence electrons. The van der Waals surface area contributed by atoms with Gasteiger partial charge in [-0.2, -0.15) is 0 Å². The lowest BCUT2D eigenvalue weighted by atomic mass is 10.3. The summed E-state index contributed by atoms with van der Waals surface area (Å²) in [6, 6.07) is 11.6. The first-order valence-corrected chi connectivity index (χ1v) is 7.02. The molecule has 0 aliphatic rings. The van der Waals surface area contributed by atoms with E-state index in [0.29, 0.717) is 6.54 Å². The zero-order valence-corrected chi connectivity index (χ0v) is 12.6. The van der Waals surface area contributed by atoms with Crippen molar-refractivity contribution >= 4 is 34.3 Å². The third kappa shape index (κ3) is 3.08. The third-order valence-electron chi connectivity index (χ3n) is 3.14. The minimum Gasteiger partial charge on any atom is -0.378 e. The lowest BCUT2D eigenvalue weighted by Gasteiger charge is -2.09. The van der Waals surface area contributed by atoms with Gasteiger partial charge in [0, 0.05) is 24.8 Å². The van der Waals surface area contributed by atoms with Crippen molar-refractivity contribution in [3.63, 3.8) is 0 Å². The summed E-state index contributed by atoms with van der Waals surface area (Å²) in [6.07, 6.45) is 0. The first-order chi connectivity index (χ1) is 10.1. The van der Waals surface area contributed by atoms with Crippen molar-refractivity contribution in [3.8, 4) is 0 Å². The van der Waals surface area contributed by atoms with Crippen molar-refractivity contribution in [1.29, 1.82) is 0 Å². The highest BCUT2D eigenvalue weighted by molar-refractivity contribution is 6.30. The van der Waals surface area contributed by atoms with Gasteiger partial charge in [-0.3, -0.25) is 0 Å². The van der Waals surface area contributed by atoms with Gasteiger partial charge in [-0.05, 0) is 36.4 Å². The van der Waals surface area contributed by atoms with Gasteiger partial charge in [-0.1, -0.05) is 11.6 Å². The fourth-order valence-electron chi connectivity index (χ4n) is 2.02. The van der Waals surface area contributed by atoms with Crippen LogP contribution in [0.4, 0.5) is 11.5 Å². The summed E-state index contributed by atoms with van der Waals surface area (Å²) in [6.45, 7) is 0.606. The van der Waals surface area contributed by atoms with E-state index in [9.17, 15) is 0 Å².